The lowest BCUT2D eigenvalue weighted by atomic mass is 9.85. The third-order valence-electron chi connectivity index (χ3n) is 4.69. The summed E-state index contributed by atoms with van der Waals surface area (Å²) in [6.07, 6.45) is 1.01. The predicted molar refractivity (Wildman–Crippen MR) is 87.4 cm³/mol. The molecule has 1 aromatic rings. The minimum atomic E-state index is -0.130. The molecule has 4 heteroatoms. The quantitative estimate of drug-likeness (QED) is 0.860. The third kappa shape index (κ3) is 2.79. The molecular weight excluding hydrogens is 284 g/mol. The van der Waals surface area contributed by atoms with Gasteiger partial charge in [-0.15, -0.1) is 0 Å². The Labute approximate surface area is 132 Å². The Morgan fingerprint density at radius 1 is 1.29 bits per heavy atom. The van der Waals surface area contributed by atoms with Crippen molar-refractivity contribution in [3.8, 4) is 5.75 Å². The maximum Gasteiger partial charge on any atom is 0.125 e. The van der Waals surface area contributed by atoms with Crippen molar-refractivity contribution < 1.29 is 4.74 Å². The van der Waals surface area contributed by atoms with Crippen LogP contribution in [0.15, 0.2) is 6.07 Å². The number of hydrogen-bond donors (Lipinski definition) is 1. The minimum Gasteiger partial charge on any atom is -0.487 e. The van der Waals surface area contributed by atoms with Gasteiger partial charge in [0.05, 0.1) is 0 Å². The van der Waals surface area contributed by atoms with Crippen LogP contribution >= 0.6 is 11.6 Å². The van der Waals surface area contributed by atoms with Crippen molar-refractivity contribution in [2.75, 3.05) is 26.2 Å². The van der Waals surface area contributed by atoms with Crippen molar-refractivity contribution in [2.24, 2.45) is 0 Å². The molecule has 1 atom stereocenters. The number of nitrogens with one attached hydrogen (secondary N) is 1. The summed E-state index contributed by atoms with van der Waals surface area (Å²) in [5, 5.41) is 4.32. The number of piperazine rings is 1. The van der Waals surface area contributed by atoms with Gasteiger partial charge in [0.1, 0.15) is 11.4 Å². The Kier molecular flexibility index (Phi) is 3.93. The van der Waals surface area contributed by atoms with Crippen molar-refractivity contribution in [3.63, 3.8) is 0 Å². The van der Waals surface area contributed by atoms with Crippen LogP contribution in [0.4, 0.5) is 0 Å². The van der Waals surface area contributed by atoms with Gasteiger partial charge in [0.25, 0.3) is 0 Å². The maximum absolute atomic E-state index is 6.50. The molecule has 116 valence electrons. The van der Waals surface area contributed by atoms with Crippen LogP contribution in [0.2, 0.25) is 5.02 Å². The monoisotopic (exact) mass is 308 g/mol. The van der Waals surface area contributed by atoms with Gasteiger partial charge in [-0.25, -0.2) is 0 Å². The van der Waals surface area contributed by atoms with Gasteiger partial charge in [-0.05, 0) is 44.9 Å². The zero-order chi connectivity index (χ0) is 15.2. The van der Waals surface area contributed by atoms with E-state index < -0.39 is 0 Å². The highest BCUT2D eigenvalue weighted by atomic mass is 35.5. The number of ether oxygens (including phenoxy) is 1. The van der Waals surface area contributed by atoms with Gasteiger partial charge in [0.15, 0.2) is 0 Å². The van der Waals surface area contributed by atoms with Crippen LogP contribution in [-0.4, -0.2) is 36.7 Å². The van der Waals surface area contributed by atoms with Crippen LogP contribution in [0.1, 0.15) is 43.0 Å². The van der Waals surface area contributed by atoms with E-state index in [1.807, 2.05) is 0 Å². The van der Waals surface area contributed by atoms with Crippen molar-refractivity contribution in [1.82, 2.24) is 10.2 Å². The SMILES string of the molecule is Cc1cc2c(c(C)c1Cl)C(N1CCNCC1)CC(C)(C)O2. The zero-order valence-electron chi connectivity index (χ0n) is 13.4. The lowest BCUT2D eigenvalue weighted by Gasteiger charge is -2.44. The number of halogens is 1. The Hall–Kier alpha value is -0.770. The summed E-state index contributed by atoms with van der Waals surface area (Å²) in [5.74, 6) is 1.02. The smallest absolute Gasteiger partial charge is 0.125 e. The second-order valence-electron chi connectivity index (χ2n) is 6.91. The van der Waals surface area contributed by atoms with Crippen LogP contribution in [0.3, 0.4) is 0 Å². The summed E-state index contributed by atoms with van der Waals surface area (Å²) in [4.78, 5) is 2.58. The van der Waals surface area contributed by atoms with Crippen molar-refractivity contribution in [1.29, 1.82) is 0 Å². The van der Waals surface area contributed by atoms with Gasteiger partial charge in [-0.3, -0.25) is 4.90 Å². The number of aryl methyl sites for hydroxylation is 1. The summed E-state index contributed by atoms with van der Waals surface area (Å²) in [6.45, 7) is 12.9. The van der Waals surface area contributed by atoms with Crippen molar-refractivity contribution in [3.05, 3.63) is 27.8 Å². The van der Waals surface area contributed by atoms with Crippen LogP contribution in [0.25, 0.3) is 0 Å². The van der Waals surface area contributed by atoms with Crippen molar-refractivity contribution in [2.45, 2.75) is 45.8 Å². The highest BCUT2D eigenvalue weighted by molar-refractivity contribution is 6.32. The Morgan fingerprint density at radius 2 is 1.95 bits per heavy atom. The highest BCUT2D eigenvalue weighted by Crippen LogP contribution is 2.46. The molecule has 0 radical (unpaired) electrons. The summed E-state index contributed by atoms with van der Waals surface area (Å²) in [7, 11) is 0. The molecule has 21 heavy (non-hydrogen) atoms. The Morgan fingerprint density at radius 3 is 2.62 bits per heavy atom. The molecule has 2 aliphatic rings. The average molecular weight is 309 g/mol. The molecule has 1 fully saturated rings. The molecule has 0 amide bonds. The molecule has 0 aromatic heterocycles. The van der Waals surface area contributed by atoms with Gasteiger partial charge >= 0.3 is 0 Å². The molecule has 1 N–H and O–H groups in total. The molecule has 0 saturated carbocycles. The number of nitrogens with zero attached hydrogens (tertiary/aromatic N) is 1. The first-order valence-corrected chi connectivity index (χ1v) is 8.20. The molecule has 2 aliphatic heterocycles. The second kappa shape index (κ2) is 5.45. The van der Waals surface area contributed by atoms with E-state index in [2.05, 4.69) is 44.0 Å². The van der Waals surface area contributed by atoms with E-state index in [1.165, 1.54) is 11.1 Å². The molecule has 1 unspecified atom stereocenters. The molecule has 1 saturated heterocycles. The van der Waals surface area contributed by atoms with Gasteiger partial charge in [0.2, 0.25) is 0 Å². The lowest BCUT2D eigenvalue weighted by molar-refractivity contribution is 0.0255. The highest BCUT2D eigenvalue weighted by Gasteiger charge is 2.38. The summed E-state index contributed by atoms with van der Waals surface area (Å²) >= 11 is 6.50. The number of hydrogen-bond acceptors (Lipinski definition) is 3. The minimum absolute atomic E-state index is 0.130. The van der Waals surface area contributed by atoms with E-state index in [0.29, 0.717) is 6.04 Å². The molecule has 0 spiro atoms. The molecule has 3 nitrogen and oxygen atoms in total. The average Bonchev–Trinajstić information content (AvgIpc) is 2.44. The van der Waals surface area contributed by atoms with Gasteiger partial charge in [-0.2, -0.15) is 0 Å². The van der Waals surface area contributed by atoms with Crippen LogP contribution < -0.4 is 10.1 Å². The molecule has 0 aliphatic carbocycles. The zero-order valence-corrected chi connectivity index (χ0v) is 14.2. The van der Waals surface area contributed by atoms with E-state index in [4.69, 9.17) is 16.3 Å². The van der Waals surface area contributed by atoms with Crippen LogP contribution in [0.5, 0.6) is 5.75 Å². The fourth-order valence-electron chi connectivity index (χ4n) is 3.65. The van der Waals surface area contributed by atoms with Gasteiger partial charge < -0.3 is 10.1 Å². The summed E-state index contributed by atoms with van der Waals surface area (Å²) in [6, 6.07) is 2.52. The van der Waals surface area contributed by atoms with Crippen molar-refractivity contribution >= 4 is 11.6 Å². The first-order chi connectivity index (χ1) is 9.89. The summed E-state index contributed by atoms with van der Waals surface area (Å²) < 4.78 is 6.26. The van der Waals surface area contributed by atoms with Gasteiger partial charge in [-0.1, -0.05) is 11.6 Å². The maximum atomic E-state index is 6.50. The largest absolute Gasteiger partial charge is 0.487 e. The van der Waals surface area contributed by atoms with E-state index in [-0.39, 0.29) is 5.60 Å². The van der Waals surface area contributed by atoms with E-state index in [1.54, 1.807) is 0 Å². The fraction of sp³-hybridized carbons (Fsp3) is 0.647. The van der Waals surface area contributed by atoms with E-state index in [0.717, 1.165) is 48.9 Å². The molecule has 3 rings (SSSR count). The number of fused-ring (bicyclic) bond motifs is 1. The molecule has 1 aromatic carbocycles. The second-order valence-corrected chi connectivity index (χ2v) is 7.29. The standard InChI is InChI=1S/C17H25ClN2O/c1-11-9-14-15(12(2)16(11)18)13(10-17(3,4)21-14)20-7-5-19-6-8-20/h9,13,19H,5-8,10H2,1-4H3. The van der Waals surface area contributed by atoms with E-state index in [9.17, 15) is 0 Å². The summed E-state index contributed by atoms with van der Waals surface area (Å²) in [5.41, 5.74) is 3.46. The molecule has 2 heterocycles. The third-order valence-corrected chi connectivity index (χ3v) is 5.27. The van der Waals surface area contributed by atoms with Gasteiger partial charge in [0, 0.05) is 49.2 Å². The first-order valence-electron chi connectivity index (χ1n) is 7.82. The number of benzene rings is 1. The first kappa shape index (κ1) is 15.1. The normalized spacial score (nSPS) is 25.3. The lowest BCUT2D eigenvalue weighted by Crippen LogP contribution is -2.49. The number of rotatable bonds is 1. The predicted octanol–water partition coefficient (Wildman–Crippen LogP) is 3.46. The van der Waals surface area contributed by atoms with E-state index >= 15 is 0 Å². The molecular formula is C17H25ClN2O. The Bertz CT molecular complexity index is 550. The topological polar surface area (TPSA) is 24.5 Å². The molecule has 0 bridgehead atoms. The van der Waals surface area contributed by atoms with Crippen LogP contribution in [0, 0.1) is 13.8 Å². The Balaban J connectivity index is 2.07. The van der Waals surface area contributed by atoms with Crippen LogP contribution in [-0.2, 0) is 0 Å². The fourth-order valence-corrected chi connectivity index (χ4v) is 3.80.